The summed E-state index contributed by atoms with van der Waals surface area (Å²) in [5.41, 5.74) is -0.956. The summed E-state index contributed by atoms with van der Waals surface area (Å²) in [6, 6.07) is 17.0. The highest BCUT2D eigenvalue weighted by atomic mass is 35.5. The van der Waals surface area contributed by atoms with Crippen LogP contribution >= 0.6 is 23.2 Å². The predicted octanol–water partition coefficient (Wildman–Crippen LogP) is 4.13. The Morgan fingerprint density at radius 1 is 0.676 bits per heavy atom. The quantitative estimate of drug-likeness (QED) is 0.343. The third kappa shape index (κ3) is 3.41. The van der Waals surface area contributed by atoms with Crippen LogP contribution in [0.4, 0.5) is 0 Å². The van der Waals surface area contributed by atoms with Gasteiger partial charge < -0.3 is 0 Å². The summed E-state index contributed by atoms with van der Waals surface area (Å²) < 4.78 is 54.9. The van der Waals surface area contributed by atoms with Crippen molar-refractivity contribution >= 4 is 65.1 Å². The van der Waals surface area contributed by atoms with Crippen molar-refractivity contribution in [3.8, 4) is 0 Å². The Hall–Kier alpha value is -3.18. The number of hydrogen-bond donors (Lipinski definition) is 0. The van der Waals surface area contributed by atoms with Gasteiger partial charge in [0, 0.05) is 15.4 Å². The minimum Gasteiger partial charge on any atom is -0.267 e. The largest absolute Gasteiger partial charge is 0.283 e. The van der Waals surface area contributed by atoms with Crippen molar-refractivity contribution in [2.24, 2.45) is 0 Å². The molecule has 5 aromatic rings. The molecule has 0 bridgehead atoms. The highest BCUT2D eigenvalue weighted by Crippen LogP contribution is 2.28. The second kappa shape index (κ2) is 7.95. The topological polar surface area (TPSA) is 108 Å². The van der Waals surface area contributed by atoms with E-state index in [1.165, 1.54) is 60.7 Å². The fraction of sp³-hybridized carbons (Fsp3) is 0. The molecule has 0 spiro atoms. The number of benzene rings is 3. The van der Waals surface area contributed by atoms with Gasteiger partial charge in [0.2, 0.25) is 0 Å². The molecule has 0 N–H and O–H groups in total. The van der Waals surface area contributed by atoms with E-state index < -0.39 is 25.6 Å². The SMILES string of the molecule is O=c1c2cnn(S(=O)(=O)c3ccc(Cl)cc3)c2c2ccccc2n1S(=O)(=O)c1ccc(Cl)cc1. The van der Waals surface area contributed by atoms with Gasteiger partial charge >= 0.3 is 0 Å². The second-order valence-corrected chi connectivity index (χ2v) is 11.7. The van der Waals surface area contributed by atoms with E-state index in [1.54, 1.807) is 12.1 Å². The lowest BCUT2D eigenvalue weighted by molar-refractivity contribution is 0.582. The zero-order chi connectivity index (χ0) is 24.3. The van der Waals surface area contributed by atoms with Gasteiger partial charge in [-0.05, 0) is 54.6 Å². The molecule has 5 rings (SSSR count). The lowest BCUT2D eigenvalue weighted by Crippen LogP contribution is -2.28. The summed E-state index contributed by atoms with van der Waals surface area (Å²) in [7, 11) is -8.56. The number of halogens is 2. The first-order valence-corrected chi connectivity index (χ1v) is 13.3. The molecular weight excluding hydrogens is 521 g/mol. The highest BCUT2D eigenvalue weighted by Gasteiger charge is 2.28. The summed E-state index contributed by atoms with van der Waals surface area (Å²) in [4.78, 5) is 13.2. The van der Waals surface area contributed by atoms with Crippen LogP contribution in [-0.4, -0.2) is 30.0 Å². The van der Waals surface area contributed by atoms with Crippen LogP contribution in [0.5, 0.6) is 0 Å². The Labute approximate surface area is 203 Å². The fourth-order valence-corrected chi connectivity index (χ4v) is 6.61. The van der Waals surface area contributed by atoms with Crippen LogP contribution in [0.25, 0.3) is 21.8 Å². The Morgan fingerprint density at radius 2 is 1.21 bits per heavy atom. The number of rotatable bonds is 4. The maximum absolute atomic E-state index is 13.4. The number of nitrogens with zero attached hydrogens (tertiary/aromatic N) is 3. The van der Waals surface area contributed by atoms with Crippen LogP contribution in [0.15, 0.2) is 93.6 Å². The van der Waals surface area contributed by atoms with Crippen LogP contribution in [0, 0.1) is 0 Å². The molecular formula is C22H13Cl2N3O5S2. The number of hydrogen-bond acceptors (Lipinski definition) is 6. The summed E-state index contributed by atoms with van der Waals surface area (Å²) in [5, 5.41) is 4.68. The molecule has 0 aliphatic heterocycles. The van der Waals surface area contributed by atoms with Gasteiger partial charge in [0.25, 0.3) is 25.6 Å². The molecule has 12 heteroatoms. The minimum atomic E-state index is -4.34. The van der Waals surface area contributed by atoms with Gasteiger partial charge in [-0.3, -0.25) is 4.79 Å². The third-order valence-electron chi connectivity index (χ3n) is 5.22. The van der Waals surface area contributed by atoms with Crippen molar-refractivity contribution in [2.45, 2.75) is 9.79 Å². The Balaban J connectivity index is 1.87. The first-order valence-electron chi connectivity index (χ1n) is 9.66. The molecule has 0 atom stereocenters. The van der Waals surface area contributed by atoms with Crippen molar-refractivity contribution in [1.82, 2.24) is 13.2 Å². The van der Waals surface area contributed by atoms with Crippen molar-refractivity contribution < 1.29 is 16.8 Å². The third-order valence-corrected chi connectivity index (χ3v) is 9.04. The van der Waals surface area contributed by atoms with Crippen molar-refractivity contribution in [3.63, 3.8) is 0 Å². The molecule has 0 aliphatic rings. The Bertz CT molecular complexity index is 1860. The molecule has 0 amide bonds. The first kappa shape index (κ1) is 22.6. The standard InChI is InChI=1S/C22H13Cl2N3O5S2/c23-14-5-9-16(10-6-14)33(29,30)26-20-4-2-1-3-18(20)21-19(22(26)28)13-25-27(21)34(31,32)17-11-7-15(24)8-12-17/h1-13H. The number of para-hydroxylation sites is 1. The van der Waals surface area contributed by atoms with Crippen LogP contribution in [-0.2, 0) is 20.0 Å². The average molecular weight is 534 g/mol. The molecule has 3 aromatic carbocycles. The van der Waals surface area contributed by atoms with E-state index in [0.29, 0.717) is 14.0 Å². The zero-order valence-electron chi connectivity index (χ0n) is 17.0. The maximum atomic E-state index is 13.4. The summed E-state index contributed by atoms with van der Waals surface area (Å²) in [5.74, 6) is 0. The zero-order valence-corrected chi connectivity index (χ0v) is 20.1. The molecule has 0 saturated heterocycles. The van der Waals surface area contributed by atoms with Gasteiger partial charge in [-0.25, -0.2) is 8.42 Å². The summed E-state index contributed by atoms with van der Waals surface area (Å²) in [6.07, 6.45) is 1.05. The molecule has 2 heterocycles. The first-order chi connectivity index (χ1) is 16.1. The van der Waals surface area contributed by atoms with Crippen molar-refractivity contribution in [2.75, 3.05) is 0 Å². The molecule has 2 aromatic heterocycles. The van der Waals surface area contributed by atoms with E-state index >= 15 is 0 Å². The molecule has 34 heavy (non-hydrogen) atoms. The molecule has 8 nitrogen and oxygen atoms in total. The van der Waals surface area contributed by atoms with Gasteiger partial charge in [-0.15, -0.1) is 0 Å². The average Bonchev–Trinajstić information content (AvgIpc) is 3.27. The van der Waals surface area contributed by atoms with Gasteiger partial charge in [-0.1, -0.05) is 41.4 Å². The van der Waals surface area contributed by atoms with Crippen LogP contribution in [0.1, 0.15) is 0 Å². The lowest BCUT2D eigenvalue weighted by Gasteiger charge is -2.13. The fourth-order valence-electron chi connectivity index (χ4n) is 3.65. The van der Waals surface area contributed by atoms with E-state index in [4.69, 9.17) is 23.2 Å². The van der Waals surface area contributed by atoms with E-state index in [2.05, 4.69) is 5.10 Å². The molecule has 0 saturated carbocycles. The smallest absolute Gasteiger partial charge is 0.267 e. The number of aromatic nitrogens is 3. The lowest BCUT2D eigenvalue weighted by atomic mass is 10.2. The van der Waals surface area contributed by atoms with Gasteiger partial charge in [0.15, 0.2) is 0 Å². The molecule has 0 unspecified atom stereocenters. The van der Waals surface area contributed by atoms with Gasteiger partial charge in [0.05, 0.1) is 26.9 Å². The van der Waals surface area contributed by atoms with Crippen molar-refractivity contribution in [1.29, 1.82) is 0 Å². The van der Waals surface area contributed by atoms with E-state index in [0.717, 1.165) is 10.3 Å². The number of pyridine rings is 1. The van der Waals surface area contributed by atoms with E-state index in [9.17, 15) is 21.6 Å². The van der Waals surface area contributed by atoms with Crippen LogP contribution in [0.2, 0.25) is 10.0 Å². The molecule has 172 valence electrons. The monoisotopic (exact) mass is 533 g/mol. The minimum absolute atomic E-state index is 0.00278. The summed E-state index contributed by atoms with van der Waals surface area (Å²) in [6.45, 7) is 0. The summed E-state index contributed by atoms with van der Waals surface area (Å²) >= 11 is 11.8. The highest BCUT2D eigenvalue weighted by molar-refractivity contribution is 7.90. The molecule has 0 fully saturated rings. The second-order valence-electron chi connectivity index (χ2n) is 7.25. The Morgan fingerprint density at radius 3 is 1.79 bits per heavy atom. The van der Waals surface area contributed by atoms with Crippen molar-refractivity contribution in [3.05, 3.63) is 99.4 Å². The van der Waals surface area contributed by atoms with Gasteiger partial charge in [-0.2, -0.15) is 21.6 Å². The molecule has 0 radical (unpaired) electrons. The molecule has 0 aliphatic carbocycles. The normalized spacial score (nSPS) is 12.4. The van der Waals surface area contributed by atoms with Crippen LogP contribution in [0.3, 0.4) is 0 Å². The Kier molecular flexibility index (Phi) is 5.28. The van der Waals surface area contributed by atoms with E-state index in [-0.39, 0.29) is 31.6 Å². The maximum Gasteiger partial charge on any atom is 0.283 e. The van der Waals surface area contributed by atoms with E-state index in [1.807, 2.05) is 0 Å². The van der Waals surface area contributed by atoms with Crippen LogP contribution < -0.4 is 5.56 Å². The predicted molar refractivity (Wildman–Crippen MR) is 130 cm³/mol. The number of fused-ring (bicyclic) bond motifs is 3. The van der Waals surface area contributed by atoms with Gasteiger partial charge in [0.1, 0.15) is 5.52 Å².